The minimum Gasteiger partial charge on any atom is -0.340 e. The second-order valence-corrected chi connectivity index (χ2v) is 9.34. The van der Waals surface area contributed by atoms with Crippen LogP contribution in [-0.2, 0) is 24.7 Å². The molecule has 0 aliphatic carbocycles. The van der Waals surface area contributed by atoms with Gasteiger partial charge in [0, 0.05) is 38.9 Å². The first-order valence-electron chi connectivity index (χ1n) is 7.24. The van der Waals surface area contributed by atoms with Crippen molar-refractivity contribution in [2.24, 2.45) is 0 Å². The average Bonchev–Trinajstić information content (AvgIpc) is 2.53. The Morgan fingerprint density at radius 2 is 1.61 bits per heavy atom. The fourth-order valence-electron chi connectivity index (χ4n) is 2.42. The van der Waals surface area contributed by atoms with Gasteiger partial charge in [-0.1, -0.05) is 13.0 Å². The molecule has 0 radical (unpaired) electrons. The summed E-state index contributed by atoms with van der Waals surface area (Å²) >= 11 is 0. The Balaban J connectivity index is 2.22. The van der Waals surface area contributed by atoms with Gasteiger partial charge in [0.1, 0.15) is 0 Å². The third-order valence-corrected chi connectivity index (χ3v) is 6.77. The second-order valence-electron chi connectivity index (χ2n) is 5.39. The van der Waals surface area contributed by atoms with Crippen LogP contribution in [0.2, 0.25) is 0 Å². The highest BCUT2D eigenvalue weighted by Crippen LogP contribution is 2.21. The first-order valence-corrected chi connectivity index (χ1v) is 10.6. The summed E-state index contributed by atoms with van der Waals surface area (Å²) in [5.41, 5.74) is 0. The molecule has 1 aromatic rings. The van der Waals surface area contributed by atoms with E-state index >= 15 is 0 Å². The molecule has 0 unspecified atom stereocenters. The molecule has 1 heterocycles. The fraction of sp³-hybridized carbons (Fsp3) is 0.500. The molecular formula is C14H20N2O5S2. The summed E-state index contributed by atoms with van der Waals surface area (Å²) in [5, 5.41) is 0. The first kappa shape index (κ1) is 17.9. The second kappa shape index (κ2) is 6.58. The van der Waals surface area contributed by atoms with Gasteiger partial charge < -0.3 is 4.90 Å². The van der Waals surface area contributed by atoms with Crippen molar-refractivity contribution in [2.45, 2.75) is 23.1 Å². The van der Waals surface area contributed by atoms with E-state index in [-0.39, 0.29) is 28.8 Å². The molecule has 1 amide bonds. The van der Waals surface area contributed by atoms with Crippen molar-refractivity contribution in [3.63, 3.8) is 0 Å². The highest BCUT2D eigenvalue weighted by Gasteiger charge is 2.30. The zero-order valence-electron chi connectivity index (χ0n) is 13.1. The fourth-order valence-corrected chi connectivity index (χ4v) is 4.63. The molecular weight excluding hydrogens is 340 g/mol. The SMILES string of the molecule is CCC(=O)N1CCN(S(=O)(=O)c2cccc(S(C)(=O)=O)c2)CC1. The summed E-state index contributed by atoms with van der Waals surface area (Å²) in [7, 11) is -7.25. The molecule has 0 aromatic heterocycles. The number of amides is 1. The van der Waals surface area contributed by atoms with Crippen molar-refractivity contribution in [2.75, 3.05) is 32.4 Å². The molecule has 128 valence electrons. The van der Waals surface area contributed by atoms with E-state index in [1.807, 2.05) is 0 Å². The van der Waals surface area contributed by atoms with E-state index in [0.717, 1.165) is 6.26 Å². The van der Waals surface area contributed by atoms with Gasteiger partial charge in [-0.2, -0.15) is 4.31 Å². The lowest BCUT2D eigenvalue weighted by atomic mass is 10.3. The standard InChI is InChI=1S/C14H20N2O5S2/c1-3-14(17)15-7-9-16(10-8-15)23(20,21)13-6-4-5-12(11-13)22(2,18)19/h4-6,11H,3,7-10H2,1-2H3. The number of nitrogens with zero attached hydrogens (tertiary/aromatic N) is 2. The third kappa shape index (κ3) is 3.91. The summed E-state index contributed by atoms with van der Waals surface area (Å²) in [6.45, 7) is 2.87. The molecule has 0 atom stereocenters. The Labute approximate surface area is 136 Å². The van der Waals surface area contributed by atoms with Crippen molar-refractivity contribution in [1.29, 1.82) is 0 Å². The first-order chi connectivity index (χ1) is 10.7. The van der Waals surface area contributed by atoms with Crippen LogP contribution in [0.15, 0.2) is 34.1 Å². The molecule has 0 N–H and O–H groups in total. The highest BCUT2D eigenvalue weighted by molar-refractivity contribution is 7.91. The molecule has 1 aliphatic rings. The molecule has 1 aromatic carbocycles. The number of carbonyl (C=O) groups is 1. The van der Waals surface area contributed by atoms with Crippen molar-refractivity contribution >= 4 is 25.8 Å². The van der Waals surface area contributed by atoms with Crippen LogP contribution in [-0.4, -0.2) is 64.4 Å². The Hall–Kier alpha value is -1.45. The van der Waals surface area contributed by atoms with Gasteiger partial charge >= 0.3 is 0 Å². The quantitative estimate of drug-likeness (QED) is 0.772. The van der Waals surface area contributed by atoms with Gasteiger partial charge in [-0.15, -0.1) is 0 Å². The molecule has 23 heavy (non-hydrogen) atoms. The Morgan fingerprint density at radius 1 is 1.04 bits per heavy atom. The molecule has 0 bridgehead atoms. The third-order valence-electron chi connectivity index (χ3n) is 3.77. The Bertz CT molecular complexity index is 794. The van der Waals surface area contributed by atoms with Crippen LogP contribution in [0.1, 0.15) is 13.3 Å². The summed E-state index contributed by atoms with van der Waals surface area (Å²) in [6, 6.07) is 5.34. The van der Waals surface area contributed by atoms with E-state index < -0.39 is 19.9 Å². The molecule has 1 aliphatic heterocycles. The monoisotopic (exact) mass is 360 g/mol. The van der Waals surface area contributed by atoms with Crippen molar-refractivity contribution < 1.29 is 21.6 Å². The summed E-state index contributed by atoms with van der Waals surface area (Å²) < 4.78 is 49.7. The number of hydrogen-bond acceptors (Lipinski definition) is 5. The minimum atomic E-state index is -3.77. The predicted octanol–water partition coefficient (Wildman–Crippen LogP) is 0.333. The molecule has 1 saturated heterocycles. The van der Waals surface area contributed by atoms with E-state index in [1.165, 1.54) is 28.6 Å². The summed E-state index contributed by atoms with van der Waals surface area (Å²) in [4.78, 5) is 13.2. The van der Waals surface area contributed by atoms with Crippen molar-refractivity contribution in [1.82, 2.24) is 9.21 Å². The van der Waals surface area contributed by atoms with Gasteiger partial charge in [0.2, 0.25) is 15.9 Å². The van der Waals surface area contributed by atoms with Crippen LogP contribution in [0, 0.1) is 0 Å². The van der Waals surface area contributed by atoms with Gasteiger partial charge in [-0.05, 0) is 18.2 Å². The van der Waals surface area contributed by atoms with Crippen molar-refractivity contribution in [3.8, 4) is 0 Å². The van der Waals surface area contributed by atoms with Gasteiger partial charge in [-0.3, -0.25) is 4.79 Å². The Morgan fingerprint density at radius 3 is 2.13 bits per heavy atom. The van der Waals surface area contributed by atoms with Crippen LogP contribution >= 0.6 is 0 Å². The number of sulfone groups is 1. The highest BCUT2D eigenvalue weighted by atomic mass is 32.2. The molecule has 0 spiro atoms. The van der Waals surface area contributed by atoms with Crippen LogP contribution in [0.3, 0.4) is 0 Å². The lowest BCUT2D eigenvalue weighted by Gasteiger charge is -2.33. The number of hydrogen-bond donors (Lipinski definition) is 0. The number of rotatable bonds is 4. The summed E-state index contributed by atoms with van der Waals surface area (Å²) in [5.74, 6) is 0.00104. The smallest absolute Gasteiger partial charge is 0.243 e. The number of benzene rings is 1. The maximum Gasteiger partial charge on any atom is 0.243 e. The van der Waals surface area contributed by atoms with Gasteiger partial charge in [0.15, 0.2) is 9.84 Å². The average molecular weight is 360 g/mol. The van der Waals surface area contributed by atoms with Gasteiger partial charge in [-0.25, -0.2) is 16.8 Å². The summed E-state index contributed by atoms with van der Waals surface area (Å²) in [6.07, 6.45) is 1.43. The topological polar surface area (TPSA) is 91.8 Å². The lowest BCUT2D eigenvalue weighted by molar-refractivity contribution is -0.132. The van der Waals surface area contributed by atoms with E-state index in [2.05, 4.69) is 0 Å². The van der Waals surface area contributed by atoms with Crippen LogP contribution in [0.25, 0.3) is 0 Å². The normalized spacial score (nSPS) is 17.2. The molecule has 9 heteroatoms. The van der Waals surface area contributed by atoms with Crippen LogP contribution in [0.5, 0.6) is 0 Å². The van der Waals surface area contributed by atoms with E-state index in [9.17, 15) is 21.6 Å². The Kier molecular flexibility index (Phi) is 5.12. The van der Waals surface area contributed by atoms with Crippen molar-refractivity contribution in [3.05, 3.63) is 24.3 Å². The lowest BCUT2D eigenvalue weighted by Crippen LogP contribution is -2.50. The largest absolute Gasteiger partial charge is 0.340 e. The zero-order chi connectivity index (χ0) is 17.3. The number of carbonyl (C=O) groups excluding carboxylic acids is 1. The molecule has 2 rings (SSSR count). The number of piperazine rings is 1. The number of sulfonamides is 1. The predicted molar refractivity (Wildman–Crippen MR) is 85.2 cm³/mol. The van der Waals surface area contributed by atoms with Crippen LogP contribution in [0.4, 0.5) is 0 Å². The minimum absolute atomic E-state index is 0.00104. The van der Waals surface area contributed by atoms with E-state index in [4.69, 9.17) is 0 Å². The van der Waals surface area contributed by atoms with E-state index in [1.54, 1.807) is 11.8 Å². The van der Waals surface area contributed by atoms with E-state index in [0.29, 0.717) is 19.5 Å². The molecule has 7 nitrogen and oxygen atoms in total. The molecule has 0 saturated carbocycles. The zero-order valence-corrected chi connectivity index (χ0v) is 14.7. The van der Waals surface area contributed by atoms with Crippen LogP contribution < -0.4 is 0 Å². The molecule has 1 fully saturated rings. The maximum absolute atomic E-state index is 12.6. The maximum atomic E-state index is 12.6. The van der Waals surface area contributed by atoms with Gasteiger partial charge in [0.05, 0.1) is 9.79 Å². The van der Waals surface area contributed by atoms with Gasteiger partial charge in [0.25, 0.3) is 0 Å².